The number of aryl methyl sites for hydroxylation is 1. The van der Waals surface area contributed by atoms with Crippen molar-refractivity contribution in [1.29, 1.82) is 0 Å². The molecule has 0 aliphatic heterocycles. The van der Waals surface area contributed by atoms with Gasteiger partial charge in [0.2, 0.25) is 0 Å². The standard InChI is InChI=1S/C17H29N3/c1-2-11-18-16(14-7-3-4-8-14)12-20-13-19-15-9-5-6-10-17(15)20/h13-14,16,18H,2-12H2,1H3. The van der Waals surface area contributed by atoms with Crippen molar-refractivity contribution in [2.45, 2.75) is 77.3 Å². The van der Waals surface area contributed by atoms with Gasteiger partial charge in [0.05, 0.1) is 12.0 Å². The van der Waals surface area contributed by atoms with E-state index in [-0.39, 0.29) is 0 Å². The average molecular weight is 275 g/mol. The Hall–Kier alpha value is -0.830. The Bertz CT molecular complexity index is 418. The highest BCUT2D eigenvalue weighted by atomic mass is 15.1. The summed E-state index contributed by atoms with van der Waals surface area (Å²) in [6.45, 7) is 4.54. The second-order valence-electron chi connectivity index (χ2n) is 6.60. The van der Waals surface area contributed by atoms with E-state index < -0.39 is 0 Å². The summed E-state index contributed by atoms with van der Waals surface area (Å²) in [5.41, 5.74) is 2.90. The van der Waals surface area contributed by atoms with Crippen LogP contribution in [0, 0.1) is 5.92 Å². The molecule has 0 spiro atoms. The predicted molar refractivity (Wildman–Crippen MR) is 82.9 cm³/mol. The van der Waals surface area contributed by atoms with E-state index in [0.717, 1.165) is 19.0 Å². The lowest BCUT2D eigenvalue weighted by Crippen LogP contribution is -2.39. The summed E-state index contributed by atoms with van der Waals surface area (Å²) in [4.78, 5) is 4.65. The molecule has 2 aliphatic rings. The number of fused-ring (bicyclic) bond motifs is 1. The van der Waals surface area contributed by atoms with Gasteiger partial charge in [-0.25, -0.2) is 4.98 Å². The summed E-state index contributed by atoms with van der Waals surface area (Å²) in [5.74, 6) is 0.878. The van der Waals surface area contributed by atoms with Crippen LogP contribution in [-0.2, 0) is 19.4 Å². The van der Waals surface area contributed by atoms with E-state index >= 15 is 0 Å². The van der Waals surface area contributed by atoms with Gasteiger partial charge in [0.1, 0.15) is 0 Å². The second kappa shape index (κ2) is 6.75. The first-order valence-electron chi connectivity index (χ1n) is 8.64. The molecule has 3 rings (SSSR count). The molecule has 1 N–H and O–H groups in total. The van der Waals surface area contributed by atoms with Gasteiger partial charge in [-0.15, -0.1) is 0 Å². The molecule has 3 nitrogen and oxygen atoms in total. The third kappa shape index (κ3) is 3.08. The Morgan fingerprint density at radius 1 is 1.25 bits per heavy atom. The van der Waals surface area contributed by atoms with E-state index in [9.17, 15) is 0 Å². The zero-order valence-corrected chi connectivity index (χ0v) is 12.9. The van der Waals surface area contributed by atoms with Crippen LogP contribution in [0.15, 0.2) is 6.33 Å². The summed E-state index contributed by atoms with van der Waals surface area (Å²) in [5, 5.41) is 3.81. The molecule has 1 heterocycles. The number of imidazole rings is 1. The maximum absolute atomic E-state index is 4.65. The molecule has 0 amide bonds. The molecule has 0 radical (unpaired) electrons. The molecular formula is C17H29N3. The number of nitrogens with one attached hydrogen (secondary N) is 1. The maximum atomic E-state index is 4.65. The molecule has 1 saturated carbocycles. The lowest BCUT2D eigenvalue weighted by atomic mass is 9.97. The van der Waals surface area contributed by atoms with Gasteiger partial charge in [0.15, 0.2) is 0 Å². The Balaban J connectivity index is 1.69. The monoisotopic (exact) mass is 275 g/mol. The van der Waals surface area contributed by atoms with Crippen molar-refractivity contribution in [3.05, 3.63) is 17.7 Å². The highest BCUT2D eigenvalue weighted by Gasteiger charge is 2.26. The van der Waals surface area contributed by atoms with Gasteiger partial charge in [-0.2, -0.15) is 0 Å². The molecule has 0 bridgehead atoms. The fraction of sp³-hybridized carbons (Fsp3) is 0.824. The smallest absolute Gasteiger partial charge is 0.0952 e. The quantitative estimate of drug-likeness (QED) is 0.863. The van der Waals surface area contributed by atoms with Crippen LogP contribution in [-0.4, -0.2) is 22.1 Å². The SMILES string of the molecule is CCCNC(Cn1cnc2c1CCCC2)C1CCCC1. The van der Waals surface area contributed by atoms with Crippen LogP contribution in [0.1, 0.15) is 63.3 Å². The van der Waals surface area contributed by atoms with Gasteiger partial charge in [0, 0.05) is 18.3 Å². The van der Waals surface area contributed by atoms with E-state index in [1.807, 2.05) is 0 Å². The minimum absolute atomic E-state index is 0.651. The lowest BCUT2D eigenvalue weighted by Gasteiger charge is -2.26. The maximum Gasteiger partial charge on any atom is 0.0952 e. The topological polar surface area (TPSA) is 29.9 Å². The van der Waals surface area contributed by atoms with E-state index in [1.165, 1.54) is 69.2 Å². The highest BCUT2D eigenvalue weighted by molar-refractivity contribution is 5.16. The molecule has 3 heteroatoms. The number of nitrogens with zero attached hydrogens (tertiary/aromatic N) is 2. The van der Waals surface area contributed by atoms with Gasteiger partial charge in [-0.1, -0.05) is 19.8 Å². The van der Waals surface area contributed by atoms with Crippen molar-refractivity contribution in [2.24, 2.45) is 5.92 Å². The molecule has 0 saturated heterocycles. The van der Waals surface area contributed by atoms with Crippen molar-refractivity contribution >= 4 is 0 Å². The van der Waals surface area contributed by atoms with Crippen molar-refractivity contribution in [3.8, 4) is 0 Å². The average Bonchev–Trinajstić information content (AvgIpc) is 3.13. The largest absolute Gasteiger partial charge is 0.333 e. The molecule has 2 aliphatic carbocycles. The molecule has 1 atom stereocenters. The molecule has 20 heavy (non-hydrogen) atoms. The van der Waals surface area contributed by atoms with Crippen molar-refractivity contribution in [1.82, 2.24) is 14.9 Å². The molecule has 112 valence electrons. The fourth-order valence-electron chi connectivity index (χ4n) is 3.97. The molecular weight excluding hydrogens is 246 g/mol. The Labute approximate surface area is 123 Å². The molecule has 1 unspecified atom stereocenters. The minimum Gasteiger partial charge on any atom is -0.333 e. The van der Waals surface area contributed by atoms with Crippen LogP contribution in [0.2, 0.25) is 0 Å². The number of hydrogen-bond acceptors (Lipinski definition) is 2. The van der Waals surface area contributed by atoms with Gasteiger partial charge in [0.25, 0.3) is 0 Å². The van der Waals surface area contributed by atoms with Crippen LogP contribution in [0.25, 0.3) is 0 Å². The summed E-state index contributed by atoms with van der Waals surface area (Å²) in [6.07, 6.45) is 14.1. The van der Waals surface area contributed by atoms with Crippen LogP contribution in [0.5, 0.6) is 0 Å². The Morgan fingerprint density at radius 3 is 2.85 bits per heavy atom. The van der Waals surface area contributed by atoms with E-state index in [4.69, 9.17) is 0 Å². The Morgan fingerprint density at radius 2 is 2.05 bits per heavy atom. The van der Waals surface area contributed by atoms with Crippen LogP contribution in [0.3, 0.4) is 0 Å². The summed E-state index contributed by atoms with van der Waals surface area (Å²) in [7, 11) is 0. The zero-order valence-electron chi connectivity index (χ0n) is 12.9. The van der Waals surface area contributed by atoms with E-state index in [1.54, 1.807) is 0 Å². The van der Waals surface area contributed by atoms with Crippen LogP contribution in [0.4, 0.5) is 0 Å². The number of hydrogen-bond donors (Lipinski definition) is 1. The normalized spacial score (nSPS) is 21.1. The van der Waals surface area contributed by atoms with Crippen molar-refractivity contribution in [2.75, 3.05) is 6.54 Å². The third-order valence-corrected chi connectivity index (χ3v) is 5.13. The van der Waals surface area contributed by atoms with E-state index in [0.29, 0.717) is 6.04 Å². The predicted octanol–water partition coefficient (Wildman–Crippen LogP) is 3.32. The Kier molecular flexibility index (Phi) is 4.77. The van der Waals surface area contributed by atoms with Crippen molar-refractivity contribution in [3.63, 3.8) is 0 Å². The summed E-state index contributed by atoms with van der Waals surface area (Å²) in [6, 6.07) is 0.651. The second-order valence-corrected chi connectivity index (χ2v) is 6.60. The molecule has 1 aromatic heterocycles. The fourth-order valence-corrected chi connectivity index (χ4v) is 3.97. The molecule has 1 aromatic rings. The van der Waals surface area contributed by atoms with Gasteiger partial charge >= 0.3 is 0 Å². The lowest BCUT2D eigenvalue weighted by molar-refractivity contribution is 0.319. The highest BCUT2D eigenvalue weighted by Crippen LogP contribution is 2.29. The third-order valence-electron chi connectivity index (χ3n) is 5.13. The van der Waals surface area contributed by atoms with Crippen LogP contribution < -0.4 is 5.32 Å². The number of rotatable bonds is 6. The summed E-state index contributed by atoms with van der Waals surface area (Å²) >= 11 is 0. The molecule has 0 aromatic carbocycles. The van der Waals surface area contributed by atoms with Crippen LogP contribution >= 0.6 is 0 Å². The summed E-state index contributed by atoms with van der Waals surface area (Å²) < 4.78 is 2.46. The van der Waals surface area contributed by atoms with Crippen molar-refractivity contribution < 1.29 is 0 Å². The minimum atomic E-state index is 0.651. The first-order valence-corrected chi connectivity index (χ1v) is 8.64. The number of aromatic nitrogens is 2. The zero-order chi connectivity index (χ0) is 13.8. The first kappa shape index (κ1) is 14.1. The van der Waals surface area contributed by atoms with Gasteiger partial charge in [-0.3, -0.25) is 0 Å². The molecule has 1 fully saturated rings. The van der Waals surface area contributed by atoms with E-state index in [2.05, 4.69) is 28.1 Å². The first-order chi connectivity index (χ1) is 9.88. The van der Waals surface area contributed by atoms with Gasteiger partial charge in [-0.05, 0) is 57.4 Å². The van der Waals surface area contributed by atoms with Gasteiger partial charge < -0.3 is 9.88 Å².